The van der Waals surface area contributed by atoms with Gasteiger partial charge in [-0.15, -0.1) is 0 Å². The van der Waals surface area contributed by atoms with Crippen LogP contribution in [0.5, 0.6) is 0 Å². The van der Waals surface area contributed by atoms with E-state index in [-0.39, 0.29) is 47.9 Å². The molecule has 3 aliphatic rings. The minimum atomic E-state index is -2.75. The molecule has 6 nitrogen and oxygen atoms in total. The van der Waals surface area contributed by atoms with Crippen molar-refractivity contribution in [3.63, 3.8) is 0 Å². The van der Waals surface area contributed by atoms with Crippen LogP contribution in [-0.2, 0) is 24.2 Å². The van der Waals surface area contributed by atoms with Crippen LogP contribution in [0.15, 0.2) is 54.7 Å². The molecule has 0 spiro atoms. The Morgan fingerprint density at radius 1 is 1.00 bits per heavy atom. The third-order valence-electron chi connectivity index (χ3n) is 8.42. The fourth-order valence-electron chi connectivity index (χ4n) is 6.56. The van der Waals surface area contributed by atoms with E-state index < -0.39 is 35.7 Å². The summed E-state index contributed by atoms with van der Waals surface area (Å²) in [4.78, 5) is 29.9. The van der Waals surface area contributed by atoms with E-state index in [0.717, 1.165) is 37.1 Å². The van der Waals surface area contributed by atoms with E-state index in [1.807, 2.05) is 0 Å². The van der Waals surface area contributed by atoms with E-state index in [1.165, 1.54) is 23.0 Å². The highest BCUT2D eigenvalue weighted by Crippen LogP contribution is 2.51. The van der Waals surface area contributed by atoms with Gasteiger partial charge in [0.25, 0.3) is 12.3 Å². The zero-order chi connectivity index (χ0) is 30.4. The predicted molar refractivity (Wildman–Crippen MR) is 147 cm³/mol. The van der Waals surface area contributed by atoms with Crippen LogP contribution in [0.4, 0.5) is 22.0 Å². The molecule has 11 heteroatoms. The number of ketones is 1. The monoisotopic (exact) mass is 594 g/mol. The van der Waals surface area contributed by atoms with Crippen LogP contribution in [0.2, 0.25) is 0 Å². The number of alkyl halides is 2. The number of nitrogens with two attached hydrogens (primary N) is 1. The molecule has 2 aromatic carbocycles. The van der Waals surface area contributed by atoms with Gasteiger partial charge in [0.15, 0.2) is 5.78 Å². The number of carbonyl (C=O) groups excluding carboxylic acids is 2. The number of pyridine rings is 1. The number of amides is 1. The molecule has 2 aromatic heterocycles. The lowest BCUT2D eigenvalue weighted by Crippen LogP contribution is -2.32. The molecule has 2 heterocycles. The first-order chi connectivity index (χ1) is 20.6. The average molecular weight is 595 g/mol. The first-order valence-corrected chi connectivity index (χ1v) is 14.0. The second kappa shape index (κ2) is 11.3. The van der Waals surface area contributed by atoms with Gasteiger partial charge in [-0.1, -0.05) is 12.1 Å². The summed E-state index contributed by atoms with van der Waals surface area (Å²) in [6.45, 7) is -0.241. The largest absolute Gasteiger partial charge is 0.366 e. The molecule has 0 aliphatic heterocycles. The van der Waals surface area contributed by atoms with Gasteiger partial charge in [0.2, 0.25) is 0 Å². The Morgan fingerprint density at radius 3 is 2.44 bits per heavy atom. The molecule has 1 fully saturated rings. The maximum absolute atomic E-state index is 14.3. The van der Waals surface area contributed by atoms with Gasteiger partial charge in [-0.3, -0.25) is 19.3 Å². The lowest BCUT2D eigenvalue weighted by atomic mass is 9.64. The first kappa shape index (κ1) is 28.7. The van der Waals surface area contributed by atoms with Crippen molar-refractivity contribution in [3.05, 3.63) is 106 Å². The summed E-state index contributed by atoms with van der Waals surface area (Å²) in [5.74, 6) is -3.93. The SMILES string of the molecule is NC(=O)c1cc(-c2cccnc2[C@@H](CC(=O)Cn2nc(C(F)F)c3c2C2CC(C3)C2)Cc2cc(F)cc(F)c2)ccc1F. The van der Waals surface area contributed by atoms with E-state index in [4.69, 9.17) is 5.73 Å². The van der Waals surface area contributed by atoms with E-state index >= 15 is 0 Å². The van der Waals surface area contributed by atoms with Gasteiger partial charge in [-0.05, 0) is 73.1 Å². The molecule has 1 atom stereocenters. The molecule has 0 unspecified atom stereocenters. The van der Waals surface area contributed by atoms with Crippen molar-refractivity contribution >= 4 is 11.7 Å². The number of rotatable bonds is 10. The summed E-state index contributed by atoms with van der Waals surface area (Å²) in [6, 6.07) is 10.2. The van der Waals surface area contributed by atoms with Gasteiger partial charge in [-0.25, -0.2) is 22.0 Å². The van der Waals surface area contributed by atoms with Gasteiger partial charge in [-0.2, -0.15) is 5.10 Å². The quantitative estimate of drug-likeness (QED) is 0.214. The maximum Gasteiger partial charge on any atom is 0.282 e. The molecule has 7 rings (SSSR count). The molecule has 0 saturated heterocycles. The second-order valence-electron chi connectivity index (χ2n) is 11.4. The highest BCUT2D eigenvalue weighted by atomic mass is 19.3. The Kier molecular flexibility index (Phi) is 7.57. The lowest BCUT2D eigenvalue weighted by Gasteiger charge is -2.41. The van der Waals surface area contributed by atoms with Crippen molar-refractivity contribution in [2.24, 2.45) is 11.7 Å². The summed E-state index contributed by atoms with van der Waals surface area (Å²) in [5.41, 5.74) is 7.49. The fourth-order valence-corrected chi connectivity index (χ4v) is 6.56. The highest BCUT2D eigenvalue weighted by molar-refractivity contribution is 5.94. The number of hydrogen-bond donors (Lipinski definition) is 1. The van der Waals surface area contributed by atoms with Gasteiger partial charge in [0.05, 0.1) is 17.8 Å². The minimum absolute atomic E-state index is 0.0120. The van der Waals surface area contributed by atoms with E-state index in [9.17, 15) is 31.5 Å². The van der Waals surface area contributed by atoms with Crippen LogP contribution < -0.4 is 5.73 Å². The van der Waals surface area contributed by atoms with E-state index in [0.29, 0.717) is 40.4 Å². The van der Waals surface area contributed by atoms with Gasteiger partial charge < -0.3 is 5.73 Å². The smallest absolute Gasteiger partial charge is 0.282 e. The summed E-state index contributed by atoms with van der Waals surface area (Å²) in [6.07, 6.45) is 0.880. The summed E-state index contributed by atoms with van der Waals surface area (Å²) < 4.78 is 71.5. The Morgan fingerprint density at radius 2 is 1.74 bits per heavy atom. The average Bonchev–Trinajstić information content (AvgIpc) is 3.31. The molecule has 1 saturated carbocycles. The van der Waals surface area contributed by atoms with Crippen molar-refractivity contribution in [1.29, 1.82) is 0 Å². The molecule has 4 aromatic rings. The number of primary amides is 1. The Bertz CT molecular complexity index is 1710. The number of benzene rings is 2. The fraction of sp³-hybridized carbons (Fsp3) is 0.312. The van der Waals surface area contributed by atoms with Crippen molar-refractivity contribution in [1.82, 2.24) is 14.8 Å². The first-order valence-electron chi connectivity index (χ1n) is 14.0. The lowest BCUT2D eigenvalue weighted by molar-refractivity contribution is -0.120. The molecule has 43 heavy (non-hydrogen) atoms. The molecular formula is C32H27F5N4O2. The molecule has 222 valence electrons. The highest BCUT2D eigenvalue weighted by Gasteiger charge is 2.43. The van der Waals surface area contributed by atoms with E-state index in [1.54, 1.807) is 12.1 Å². The van der Waals surface area contributed by atoms with Crippen molar-refractivity contribution < 1.29 is 31.5 Å². The van der Waals surface area contributed by atoms with Crippen molar-refractivity contribution in [3.8, 4) is 11.1 Å². The number of Topliss-reactive ketones (excluding diaryl/α,β-unsaturated/α-hetero) is 1. The molecule has 2 bridgehead atoms. The topological polar surface area (TPSA) is 90.9 Å². The third kappa shape index (κ3) is 5.68. The minimum Gasteiger partial charge on any atom is -0.366 e. The molecule has 0 radical (unpaired) electrons. The van der Waals surface area contributed by atoms with Crippen LogP contribution >= 0.6 is 0 Å². The maximum atomic E-state index is 14.3. The normalized spacial score (nSPS) is 17.8. The van der Waals surface area contributed by atoms with E-state index in [2.05, 4.69) is 10.1 Å². The molecular weight excluding hydrogens is 567 g/mol. The number of aromatic nitrogens is 3. The molecule has 1 amide bonds. The van der Waals surface area contributed by atoms with Gasteiger partial charge in [0, 0.05) is 47.3 Å². The van der Waals surface area contributed by atoms with Crippen LogP contribution in [0.1, 0.15) is 76.1 Å². The Hall–Kier alpha value is -4.41. The van der Waals surface area contributed by atoms with Crippen LogP contribution in [0.3, 0.4) is 0 Å². The summed E-state index contributed by atoms with van der Waals surface area (Å²) in [7, 11) is 0. The molecule has 2 N–H and O–H groups in total. The molecule has 3 aliphatic carbocycles. The number of halogens is 5. The summed E-state index contributed by atoms with van der Waals surface area (Å²) in [5, 5.41) is 4.15. The van der Waals surface area contributed by atoms with Crippen LogP contribution in [0.25, 0.3) is 11.1 Å². The Balaban J connectivity index is 1.36. The zero-order valence-corrected chi connectivity index (χ0v) is 22.9. The van der Waals surface area contributed by atoms with Crippen molar-refractivity contribution in [2.45, 2.75) is 56.9 Å². The number of nitrogens with zero attached hydrogens (tertiary/aromatic N) is 3. The predicted octanol–water partition coefficient (Wildman–Crippen LogP) is 6.43. The van der Waals surface area contributed by atoms with Gasteiger partial charge in [0.1, 0.15) is 23.1 Å². The Labute approximate surface area is 243 Å². The third-order valence-corrected chi connectivity index (χ3v) is 8.42. The van der Waals surface area contributed by atoms with Crippen LogP contribution in [0, 0.1) is 23.4 Å². The number of carbonyl (C=O) groups is 2. The number of hydrogen-bond acceptors (Lipinski definition) is 4. The summed E-state index contributed by atoms with van der Waals surface area (Å²) >= 11 is 0. The second-order valence-corrected chi connectivity index (χ2v) is 11.4. The standard InChI is InChI=1S/C32H27F5N4O2/c33-21-9-17(10-22(34)14-21)6-19(28-24(2-1-5-39-28)18-3-4-27(35)25(13-18)32(38)43)12-23(42)15-41-30-20-7-16(8-20)11-26(30)29(40-41)31(36)37/h1-5,9-10,13-14,16,19-20,31H,6-8,11-12,15H2,(H2,38,43)/t16?,19-,20?/m1/s1. The van der Waals surface area contributed by atoms with Crippen LogP contribution in [-0.4, -0.2) is 26.5 Å². The van der Waals surface area contributed by atoms with Crippen molar-refractivity contribution in [2.75, 3.05) is 0 Å². The zero-order valence-electron chi connectivity index (χ0n) is 22.9. The van der Waals surface area contributed by atoms with Gasteiger partial charge >= 0.3 is 0 Å².